The van der Waals surface area contributed by atoms with Crippen molar-refractivity contribution >= 4 is 23.4 Å². The van der Waals surface area contributed by atoms with Gasteiger partial charge in [-0.1, -0.05) is 13.0 Å². The molecular weight excluding hydrogens is 250 g/mol. The highest BCUT2D eigenvalue weighted by Crippen LogP contribution is 2.27. The summed E-state index contributed by atoms with van der Waals surface area (Å²) in [7, 11) is 0. The molecule has 1 aromatic rings. The Morgan fingerprint density at radius 1 is 1.50 bits per heavy atom. The average Bonchev–Trinajstić information content (AvgIpc) is 2.35. The maximum Gasteiger partial charge on any atom is 0.338 e. The number of aliphatic hydroxyl groups is 1. The number of carboxylic acids is 1. The fourth-order valence-corrected chi connectivity index (χ4v) is 2.29. The van der Waals surface area contributed by atoms with E-state index < -0.39 is 5.97 Å². The average molecular weight is 269 g/mol. The smallest absolute Gasteiger partial charge is 0.338 e. The summed E-state index contributed by atoms with van der Waals surface area (Å²) in [5, 5.41) is 21.2. The molecule has 0 fully saturated rings. The van der Waals surface area contributed by atoms with Gasteiger partial charge in [-0.25, -0.2) is 4.79 Å². The lowest BCUT2D eigenvalue weighted by molar-refractivity contribution is 0.0694. The molecule has 1 aromatic carbocycles. The normalized spacial score (nSPS) is 12.2. The molecule has 0 bridgehead atoms. The molecule has 0 radical (unpaired) electrons. The van der Waals surface area contributed by atoms with Gasteiger partial charge < -0.3 is 15.5 Å². The van der Waals surface area contributed by atoms with Crippen molar-refractivity contribution in [1.29, 1.82) is 0 Å². The molecule has 100 valence electrons. The highest BCUT2D eigenvalue weighted by atomic mass is 32.2. The summed E-state index contributed by atoms with van der Waals surface area (Å²) in [6, 6.07) is 5.42. The van der Waals surface area contributed by atoms with Crippen molar-refractivity contribution in [2.45, 2.75) is 18.2 Å². The Kier molecular flexibility index (Phi) is 6.01. The van der Waals surface area contributed by atoms with Crippen molar-refractivity contribution in [3.8, 4) is 0 Å². The molecule has 0 aliphatic rings. The molecular formula is C13H19NO3S. The molecule has 5 heteroatoms. The van der Waals surface area contributed by atoms with Crippen LogP contribution in [0.15, 0.2) is 23.1 Å². The van der Waals surface area contributed by atoms with Gasteiger partial charge in [0.2, 0.25) is 0 Å². The third kappa shape index (κ3) is 3.92. The van der Waals surface area contributed by atoms with Crippen LogP contribution in [0, 0.1) is 5.92 Å². The number of carboxylic acid groups (broad SMARTS) is 1. The summed E-state index contributed by atoms with van der Waals surface area (Å²) in [6.07, 6.45) is 2.57. The lowest BCUT2D eigenvalue weighted by atomic mass is 10.1. The van der Waals surface area contributed by atoms with Crippen LogP contribution < -0.4 is 5.32 Å². The van der Waals surface area contributed by atoms with Crippen molar-refractivity contribution in [3.05, 3.63) is 23.8 Å². The molecule has 0 saturated carbocycles. The van der Waals surface area contributed by atoms with Crippen LogP contribution in [0.25, 0.3) is 0 Å². The van der Waals surface area contributed by atoms with Crippen molar-refractivity contribution in [3.63, 3.8) is 0 Å². The number of aromatic carboxylic acids is 1. The number of rotatable bonds is 7. The minimum Gasteiger partial charge on any atom is -0.478 e. The molecule has 0 aromatic heterocycles. The number of thioether (sulfide) groups is 1. The van der Waals surface area contributed by atoms with Gasteiger partial charge in [-0.2, -0.15) is 0 Å². The van der Waals surface area contributed by atoms with E-state index in [1.807, 2.05) is 19.2 Å². The first kappa shape index (κ1) is 14.9. The molecule has 18 heavy (non-hydrogen) atoms. The zero-order chi connectivity index (χ0) is 13.5. The number of aliphatic hydroxyl groups excluding tert-OH is 1. The van der Waals surface area contributed by atoms with Gasteiger partial charge in [0.25, 0.3) is 0 Å². The third-order valence-corrected chi connectivity index (χ3v) is 3.50. The number of benzene rings is 1. The molecule has 0 amide bonds. The third-order valence-electron chi connectivity index (χ3n) is 2.72. The number of anilines is 1. The van der Waals surface area contributed by atoms with Gasteiger partial charge in [-0.15, -0.1) is 11.8 Å². The first-order chi connectivity index (χ1) is 8.60. The predicted molar refractivity (Wildman–Crippen MR) is 74.5 cm³/mol. The lowest BCUT2D eigenvalue weighted by Crippen LogP contribution is -2.15. The second-order valence-electron chi connectivity index (χ2n) is 4.19. The molecule has 0 heterocycles. The van der Waals surface area contributed by atoms with Gasteiger partial charge in [-0.05, 0) is 30.7 Å². The van der Waals surface area contributed by atoms with Crippen LogP contribution >= 0.6 is 11.8 Å². The van der Waals surface area contributed by atoms with E-state index in [9.17, 15) is 9.90 Å². The quantitative estimate of drug-likeness (QED) is 0.664. The zero-order valence-electron chi connectivity index (χ0n) is 10.6. The van der Waals surface area contributed by atoms with Gasteiger partial charge in [0.05, 0.1) is 5.56 Å². The largest absolute Gasteiger partial charge is 0.478 e. The highest BCUT2D eigenvalue weighted by Gasteiger charge is 2.15. The van der Waals surface area contributed by atoms with Crippen LogP contribution in [0.3, 0.4) is 0 Å². The summed E-state index contributed by atoms with van der Waals surface area (Å²) < 4.78 is 0. The number of nitrogens with one attached hydrogen (secondary N) is 1. The standard InChI is InChI=1S/C13H19NO3S/c1-9(6-7-15)8-14-10-4-3-5-11(18-2)12(10)13(16)17/h3-5,9,14-15H,6-8H2,1-2H3,(H,16,17). The first-order valence-electron chi connectivity index (χ1n) is 5.85. The van der Waals surface area contributed by atoms with Crippen molar-refractivity contribution in [2.75, 3.05) is 24.7 Å². The summed E-state index contributed by atoms with van der Waals surface area (Å²) in [5.74, 6) is -0.619. The van der Waals surface area contributed by atoms with E-state index in [2.05, 4.69) is 5.32 Å². The Hall–Kier alpha value is -1.20. The van der Waals surface area contributed by atoms with Crippen LogP contribution in [-0.4, -0.2) is 35.6 Å². The number of carbonyl (C=O) groups is 1. The lowest BCUT2D eigenvalue weighted by Gasteiger charge is -2.15. The van der Waals surface area contributed by atoms with E-state index in [0.717, 1.165) is 4.90 Å². The number of hydrogen-bond donors (Lipinski definition) is 3. The topological polar surface area (TPSA) is 69.6 Å². The maximum absolute atomic E-state index is 11.3. The van der Waals surface area contributed by atoms with Gasteiger partial charge in [-0.3, -0.25) is 0 Å². The fourth-order valence-electron chi connectivity index (χ4n) is 1.68. The van der Waals surface area contributed by atoms with Crippen LogP contribution in [0.4, 0.5) is 5.69 Å². The highest BCUT2D eigenvalue weighted by molar-refractivity contribution is 7.98. The van der Waals surface area contributed by atoms with E-state index >= 15 is 0 Å². The van der Waals surface area contributed by atoms with Crippen molar-refractivity contribution in [1.82, 2.24) is 0 Å². The molecule has 1 unspecified atom stereocenters. The molecule has 0 aliphatic heterocycles. The van der Waals surface area contributed by atoms with Crippen LogP contribution in [0.5, 0.6) is 0 Å². The van der Waals surface area contributed by atoms with Gasteiger partial charge in [0, 0.05) is 23.7 Å². The SMILES string of the molecule is CSc1cccc(NCC(C)CCO)c1C(=O)O. The summed E-state index contributed by atoms with van der Waals surface area (Å²) in [5.41, 5.74) is 0.959. The summed E-state index contributed by atoms with van der Waals surface area (Å²) in [4.78, 5) is 12.0. The van der Waals surface area contributed by atoms with E-state index in [4.69, 9.17) is 5.11 Å². The minimum atomic E-state index is -0.919. The Morgan fingerprint density at radius 2 is 2.22 bits per heavy atom. The van der Waals surface area contributed by atoms with Crippen molar-refractivity contribution < 1.29 is 15.0 Å². The van der Waals surface area contributed by atoms with Crippen LogP contribution in [0.1, 0.15) is 23.7 Å². The van der Waals surface area contributed by atoms with Gasteiger partial charge in [0.1, 0.15) is 0 Å². The van der Waals surface area contributed by atoms with Crippen LogP contribution in [-0.2, 0) is 0 Å². The van der Waals surface area contributed by atoms with E-state index in [-0.39, 0.29) is 6.61 Å². The van der Waals surface area contributed by atoms with Gasteiger partial charge >= 0.3 is 5.97 Å². The molecule has 0 saturated heterocycles. The molecule has 0 spiro atoms. The Balaban J connectivity index is 2.85. The van der Waals surface area contributed by atoms with E-state index in [1.165, 1.54) is 11.8 Å². The monoisotopic (exact) mass is 269 g/mol. The molecule has 3 N–H and O–H groups in total. The first-order valence-corrected chi connectivity index (χ1v) is 7.07. The Bertz CT molecular complexity index is 409. The summed E-state index contributed by atoms with van der Waals surface area (Å²) >= 11 is 1.42. The number of hydrogen-bond acceptors (Lipinski definition) is 4. The Labute approximate surface area is 111 Å². The molecule has 1 atom stereocenters. The summed E-state index contributed by atoms with van der Waals surface area (Å²) in [6.45, 7) is 2.82. The van der Waals surface area contributed by atoms with E-state index in [0.29, 0.717) is 30.1 Å². The minimum absolute atomic E-state index is 0.152. The second-order valence-corrected chi connectivity index (χ2v) is 5.03. The molecule has 4 nitrogen and oxygen atoms in total. The van der Waals surface area contributed by atoms with Crippen molar-refractivity contribution in [2.24, 2.45) is 5.92 Å². The zero-order valence-corrected chi connectivity index (χ0v) is 11.5. The second kappa shape index (κ2) is 7.28. The van der Waals surface area contributed by atoms with Gasteiger partial charge in [0.15, 0.2) is 0 Å². The maximum atomic E-state index is 11.3. The fraction of sp³-hybridized carbons (Fsp3) is 0.462. The van der Waals surface area contributed by atoms with E-state index in [1.54, 1.807) is 12.1 Å². The molecule has 0 aliphatic carbocycles. The Morgan fingerprint density at radius 3 is 2.78 bits per heavy atom. The van der Waals surface area contributed by atoms with Crippen LogP contribution in [0.2, 0.25) is 0 Å². The predicted octanol–water partition coefficient (Wildman–Crippen LogP) is 2.54. The molecule has 1 rings (SSSR count).